The van der Waals surface area contributed by atoms with E-state index in [2.05, 4.69) is 56.4 Å². The van der Waals surface area contributed by atoms with Crippen LogP contribution in [0.15, 0.2) is 104 Å². The molecule has 2 aromatic heterocycles. The molecule has 0 radical (unpaired) electrons. The maximum atomic E-state index is 14.4. The monoisotopic (exact) mass is 1060 g/mol. The van der Waals surface area contributed by atoms with Gasteiger partial charge in [0.05, 0.1) is 38.0 Å². The van der Waals surface area contributed by atoms with Gasteiger partial charge in [0.2, 0.25) is 40.1 Å². The second-order valence-corrected chi connectivity index (χ2v) is 20.0. The molecule has 0 saturated heterocycles. The second-order valence-electron chi connectivity index (χ2n) is 13.7. The molecule has 0 spiro atoms. The van der Waals surface area contributed by atoms with Crippen molar-refractivity contribution in [2.45, 2.75) is 14.7 Å². The topological polar surface area (TPSA) is 413 Å². The minimum Gasteiger partial charge on any atom is -0.478 e. The highest BCUT2D eigenvalue weighted by Gasteiger charge is 2.36. The van der Waals surface area contributed by atoms with Crippen molar-refractivity contribution in [3.8, 4) is 0 Å². The number of hydrogen-bond acceptors (Lipinski definition) is 22. The van der Waals surface area contributed by atoms with Crippen LogP contribution in [0.4, 0.5) is 52.2 Å². The van der Waals surface area contributed by atoms with Crippen molar-refractivity contribution >= 4 is 139 Å². The van der Waals surface area contributed by atoms with Crippen LogP contribution >= 0.6 is 23.2 Å². The van der Waals surface area contributed by atoms with Gasteiger partial charge in [-0.05, 0) is 95.5 Å². The standard InChI is InChI=1S/C36H26Cl2N12O15S4/c1-50(18-5-3-2-4-6-18)36-45-32(38)44-35(47-36)41-24-15-20(67(57,58)59)11-16-12-26(69(63,64)65)28(29(51)27(16)24)49-48-23-13-17(7-10-25(23)68(60,61)62)39-33-42-31(37)43-34(46-33)40-22-9-8-19(66(54,55)56)14-21(22)30(52)53/h2-15,48H,1H3,(H,52,53)(H,54,55,56)(H,57,58,59)(H,60,61,62)(H,63,64,65)(H,41,44,45,47)(H2,39,40,42,43,46)/b49-28+. The average Bonchev–Trinajstić information content (AvgIpc) is 3.24. The third kappa shape index (κ3) is 11.3. The van der Waals surface area contributed by atoms with Gasteiger partial charge in [0, 0.05) is 18.4 Å². The van der Waals surface area contributed by atoms with Crippen LogP contribution in [0.25, 0.3) is 6.08 Å². The number of nitrogens with zero attached hydrogens (tertiary/aromatic N) is 8. The van der Waals surface area contributed by atoms with Crippen LogP contribution in [-0.2, 0) is 40.5 Å². The average molecular weight is 1070 g/mol. The summed E-state index contributed by atoms with van der Waals surface area (Å²) in [7, 11) is -19.0. The molecule has 0 unspecified atom stereocenters. The number of carbonyl (C=O) groups is 2. The molecule has 0 aliphatic heterocycles. The van der Waals surface area contributed by atoms with E-state index in [0.29, 0.717) is 23.9 Å². The molecule has 9 N–H and O–H groups in total. The number of benzene rings is 4. The van der Waals surface area contributed by atoms with Gasteiger partial charge in [-0.15, -0.1) is 0 Å². The summed E-state index contributed by atoms with van der Waals surface area (Å²) in [5, 5.41) is 20.3. The summed E-state index contributed by atoms with van der Waals surface area (Å²) < 4.78 is 138. The normalized spacial score (nSPS) is 13.6. The van der Waals surface area contributed by atoms with Crippen LogP contribution in [0.3, 0.4) is 0 Å². The van der Waals surface area contributed by atoms with E-state index in [-0.39, 0.29) is 22.6 Å². The molecule has 0 amide bonds. The van der Waals surface area contributed by atoms with Crippen LogP contribution in [0, 0.1) is 0 Å². The molecule has 358 valence electrons. The molecule has 4 aromatic carbocycles. The Balaban J connectivity index is 1.27. The van der Waals surface area contributed by atoms with Gasteiger partial charge in [-0.3, -0.25) is 28.4 Å². The highest BCUT2D eigenvalue weighted by molar-refractivity contribution is 7.91. The minimum atomic E-state index is -5.47. The molecule has 27 nitrogen and oxygen atoms in total. The molecule has 1 aliphatic carbocycles. The molecule has 6 aromatic rings. The predicted octanol–water partition coefficient (Wildman–Crippen LogP) is 4.69. The zero-order chi connectivity index (χ0) is 50.4. The van der Waals surface area contributed by atoms with E-state index in [9.17, 15) is 66.6 Å². The summed E-state index contributed by atoms with van der Waals surface area (Å²) in [6, 6.07) is 15.3. The molecular weight excluding hydrogens is 1040 g/mol. The maximum Gasteiger partial charge on any atom is 0.337 e. The second kappa shape index (κ2) is 18.6. The van der Waals surface area contributed by atoms with Crippen molar-refractivity contribution in [2.24, 2.45) is 5.10 Å². The van der Waals surface area contributed by atoms with E-state index in [1.54, 1.807) is 37.4 Å². The fourth-order valence-electron chi connectivity index (χ4n) is 6.14. The first-order valence-corrected chi connectivity index (χ1v) is 24.8. The maximum absolute atomic E-state index is 14.4. The van der Waals surface area contributed by atoms with Crippen molar-refractivity contribution in [1.29, 1.82) is 0 Å². The number of carbonyl (C=O) groups excluding carboxylic acids is 1. The van der Waals surface area contributed by atoms with Crippen LogP contribution in [0.1, 0.15) is 26.3 Å². The number of fused-ring (bicyclic) bond motifs is 1. The van der Waals surface area contributed by atoms with Gasteiger partial charge in [0.1, 0.15) is 9.80 Å². The zero-order valence-corrected chi connectivity index (χ0v) is 38.6. The lowest BCUT2D eigenvalue weighted by atomic mass is 9.93. The van der Waals surface area contributed by atoms with E-state index in [1.165, 1.54) is 4.90 Å². The summed E-state index contributed by atoms with van der Waals surface area (Å²) in [5.41, 5.74) is -1.72. The molecule has 7 rings (SSSR count). The quantitative estimate of drug-likeness (QED) is 0.0497. The van der Waals surface area contributed by atoms with Crippen LogP contribution in [0.5, 0.6) is 0 Å². The van der Waals surface area contributed by atoms with Gasteiger partial charge >= 0.3 is 5.97 Å². The first kappa shape index (κ1) is 49.6. The van der Waals surface area contributed by atoms with Crippen LogP contribution in [-0.4, -0.2) is 111 Å². The van der Waals surface area contributed by atoms with Gasteiger partial charge in [0.15, 0.2) is 5.71 Å². The number of aromatic carboxylic acids is 1. The summed E-state index contributed by atoms with van der Waals surface area (Å²) >= 11 is 12.3. The Bertz CT molecular complexity index is 3680. The van der Waals surface area contributed by atoms with Gasteiger partial charge < -0.3 is 26.0 Å². The first-order valence-electron chi connectivity index (χ1n) is 18.3. The first-order chi connectivity index (χ1) is 32.1. The molecule has 1 aliphatic rings. The number of ketones is 1. The number of aromatic nitrogens is 6. The number of para-hydroxylation sites is 1. The molecule has 0 atom stereocenters. The van der Waals surface area contributed by atoms with E-state index >= 15 is 0 Å². The number of halogens is 2. The molecule has 0 saturated carbocycles. The Hall–Kier alpha value is -7.33. The summed E-state index contributed by atoms with van der Waals surface area (Å²) in [6.07, 6.45) is 0.613. The van der Waals surface area contributed by atoms with Crippen LogP contribution < -0.4 is 26.3 Å². The number of Topliss-reactive ketones (excluding diaryl/α,β-unsaturated/α-hetero) is 1. The number of hydrogen-bond donors (Lipinski definition) is 9. The highest BCUT2D eigenvalue weighted by Crippen LogP contribution is 2.36. The Morgan fingerprint density at radius 2 is 1.25 bits per heavy atom. The van der Waals surface area contributed by atoms with E-state index in [0.717, 1.165) is 36.4 Å². The largest absolute Gasteiger partial charge is 0.478 e. The van der Waals surface area contributed by atoms with Crippen molar-refractivity contribution in [3.05, 3.63) is 111 Å². The Morgan fingerprint density at radius 3 is 1.86 bits per heavy atom. The summed E-state index contributed by atoms with van der Waals surface area (Å²) in [6.45, 7) is 0. The molecule has 0 fully saturated rings. The number of rotatable bonds is 15. The Kier molecular flexibility index (Phi) is 13.4. The SMILES string of the molecule is CN(c1ccccc1)c1nc(Cl)nc(Nc2cc(S(=O)(=O)O)cc3c2C(=O)/C(=N/Nc2cc(Nc4nc(Cl)nc(Nc5ccc(S(=O)(=O)O)cc5C(=O)O)n4)ccc2S(=O)(=O)O)C(S(=O)(=O)O)=C3)n1. The lowest BCUT2D eigenvalue weighted by Crippen LogP contribution is -2.28. The third-order valence-corrected chi connectivity index (χ3v) is 12.9. The molecule has 69 heavy (non-hydrogen) atoms. The lowest BCUT2D eigenvalue weighted by Gasteiger charge is -2.21. The lowest BCUT2D eigenvalue weighted by molar-refractivity contribution is 0.0697. The van der Waals surface area contributed by atoms with Gasteiger partial charge in [-0.25, -0.2) is 4.79 Å². The van der Waals surface area contributed by atoms with Crippen molar-refractivity contribution in [2.75, 3.05) is 33.3 Å². The van der Waals surface area contributed by atoms with Crippen molar-refractivity contribution in [3.63, 3.8) is 0 Å². The summed E-state index contributed by atoms with van der Waals surface area (Å²) in [5.74, 6) is -4.32. The minimum absolute atomic E-state index is 0.0578. The number of carboxylic acids is 1. The van der Waals surface area contributed by atoms with Gasteiger partial charge in [0.25, 0.3) is 40.5 Å². The fraction of sp³-hybridized carbons (Fsp3) is 0.0278. The predicted molar refractivity (Wildman–Crippen MR) is 245 cm³/mol. The molecule has 0 bridgehead atoms. The van der Waals surface area contributed by atoms with E-state index in [4.69, 9.17) is 23.2 Å². The van der Waals surface area contributed by atoms with Crippen molar-refractivity contribution < 1.29 is 66.6 Å². The number of hydrazone groups is 1. The highest BCUT2D eigenvalue weighted by atomic mass is 35.5. The van der Waals surface area contributed by atoms with Gasteiger partial charge in [-0.2, -0.15) is 68.7 Å². The third-order valence-electron chi connectivity index (χ3n) is 9.14. The van der Waals surface area contributed by atoms with Crippen molar-refractivity contribution in [1.82, 2.24) is 29.9 Å². The summed E-state index contributed by atoms with van der Waals surface area (Å²) in [4.78, 5) is 48.0. The zero-order valence-electron chi connectivity index (χ0n) is 33.9. The smallest absolute Gasteiger partial charge is 0.337 e. The fourth-order valence-corrected chi connectivity index (χ4v) is 8.79. The molecule has 33 heteroatoms. The van der Waals surface area contributed by atoms with E-state index < -0.39 is 129 Å². The molecule has 2 heterocycles. The molecular formula is C36H26Cl2N12O15S4. The van der Waals surface area contributed by atoms with Crippen LogP contribution in [0.2, 0.25) is 10.6 Å². The van der Waals surface area contributed by atoms with Gasteiger partial charge in [-0.1, -0.05) is 18.2 Å². The number of allylic oxidation sites excluding steroid dienone is 1. The Morgan fingerprint density at radius 1 is 0.638 bits per heavy atom. The van der Waals surface area contributed by atoms with E-state index in [1.807, 2.05) is 0 Å². The Labute approximate surface area is 398 Å². The number of carboxylic acid groups (broad SMARTS) is 1. The number of nitrogens with one attached hydrogen (secondary N) is 4. The number of anilines is 9.